The first-order valence-electron chi connectivity index (χ1n) is 7.52. The fourth-order valence-corrected chi connectivity index (χ4v) is 2.36. The number of nitrogens with zero attached hydrogens (tertiary/aromatic N) is 1. The number of anilines is 1. The highest BCUT2D eigenvalue weighted by atomic mass is 16.5. The van der Waals surface area contributed by atoms with Crippen molar-refractivity contribution < 1.29 is 19.1 Å². The third-order valence-electron chi connectivity index (χ3n) is 3.56. The maximum Gasteiger partial charge on any atom is 0.253 e. The average Bonchev–Trinajstić information content (AvgIpc) is 2.55. The van der Waals surface area contributed by atoms with E-state index in [0.717, 1.165) is 6.54 Å². The van der Waals surface area contributed by atoms with Crippen molar-refractivity contribution in [2.75, 3.05) is 46.3 Å². The van der Waals surface area contributed by atoms with E-state index >= 15 is 0 Å². The molecule has 0 aliphatic carbocycles. The van der Waals surface area contributed by atoms with Crippen LogP contribution in [-0.2, 0) is 9.53 Å². The highest BCUT2D eigenvalue weighted by molar-refractivity contribution is 5.97. The summed E-state index contributed by atoms with van der Waals surface area (Å²) in [5, 5.41) is 6.05. The van der Waals surface area contributed by atoms with Gasteiger partial charge in [-0.15, -0.1) is 0 Å². The number of rotatable bonds is 5. The Balaban J connectivity index is 2.03. The Morgan fingerprint density at radius 2 is 2.22 bits per heavy atom. The molecule has 126 valence electrons. The maximum atomic E-state index is 12.1. The third-order valence-corrected chi connectivity index (χ3v) is 3.56. The molecule has 1 aliphatic heterocycles. The zero-order valence-corrected chi connectivity index (χ0v) is 13.7. The fraction of sp³-hybridized carbons (Fsp3) is 0.500. The Labute approximate surface area is 135 Å². The second-order valence-corrected chi connectivity index (χ2v) is 5.59. The van der Waals surface area contributed by atoms with Crippen LogP contribution in [0, 0.1) is 0 Å². The number of ether oxygens (including phenoxy) is 2. The molecule has 2 N–H and O–H groups in total. The van der Waals surface area contributed by atoms with Crippen LogP contribution in [0.15, 0.2) is 18.2 Å². The molecule has 1 atom stereocenters. The molecular weight excluding hydrogens is 298 g/mol. The van der Waals surface area contributed by atoms with Gasteiger partial charge in [0.1, 0.15) is 5.75 Å². The van der Waals surface area contributed by atoms with Gasteiger partial charge >= 0.3 is 0 Å². The molecule has 2 rings (SSSR count). The molecule has 1 saturated heterocycles. The van der Waals surface area contributed by atoms with Gasteiger partial charge in [-0.05, 0) is 18.2 Å². The number of morpholine rings is 1. The summed E-state index contributed by atoms with van der Waals surface area (Å²) < 4.78 is 10.6. The molecule has 1 unspecified atom stereocenters. The summed E-state index contributed by atoms with van der Waals surface area (Å²) in [6.07, 6.45) is 0.321. The van der Waals surface area contributed by atoms with Crippen LogP contribution in [0.25, 0.3) is 0 Å². The van der Waals surface area contributed by atoms with Gasteiger partial charge in [-0.3, -0.25) is 9.59 Å². The number of hydrogen-bond donors (Lipinski definition) is 2. The molecule has 23 heavy (non-hydrogen) atoms. The zero-order chi connectivity index (χ0) is 16.8. The first kappa shape index (κ1) is 17.2. The molecule has 1 fully saturated rings. The van der Waals surface area contributed by atoms with Crippen LogP contribution in [-0.4, -0.2) is 63.7 Å². The highest BCUT2D eigenvalue weighted by Gasteiger charge is 2.18. The molecule has 0 saturated carbocycles. The van der Waals surface area contributed by atoms with Crippen LogP contribution in [0.1, 0.15) is 16.8 Å². The molecule has 1 heterocycles. The first-order chi connectivity index (χ1) is 11.0. The molecule has 0 aromatic heterocycles. The standard InChI is InChI=1S/C16H23N3O4/c1-19(2)16(21)11-4-5-13(14(8-11)22-3)18-15(20)9-12-10-23-7-6-17-12/h4-5,8,12,17H,6-7,9-10H2,1-3H3,(H,18,20). The van der Waals surface area contributed by atoms with E-state index in [0.29, 0.717) is 36.6 Å². The quantitative estimate of drug-likeness (QED) is 0.835. The molecule has 1 aliphatic rings. The van der Waals surface area contributed by atoms with Crippen LogP contribution in [0.2, 0.25) is 0 Å². The van der Waals surface area contributed by atoms with Crippen molar-refractivity contribution in [1.29, 1.82) is 0 Å². The number of nitrogens with one attached hydrogen (secondary N) is 2. The first-order valence-corrected chi connectivity index (χ1v) is 7.52. The van der Waals surface area contributed by atoms with Crippen LogP contribution < -0.4 is 15.4 Å². The largest absolute Gasteiger partial charge is 0.495 e. The molecule has 0 spiro atoms. The van der Waals surface area contributed by atoms with Crippen LogP contribution in [0.4, 0.5) is 5.69 Å². The third kappa shape index (κ3) is 4.67. The summed E-state index contributed by atoms with van der Waals surface area (Å²) in [6.45, 7) is 1.96. The number of carbonyl (C=O) groups is 2. The summed E-state index contributed by atoms with van der Waals surface area (Å²) in [5.41, 5.74) is 1.05. The second-order valence-electron chi connectivity index (χ2n) is 5.59. The topological polar surface area (TPSA) is 79.9 Å². The van der Waals surface area contributed by atoms with Crippen molar-refractivity contribution in [1.82, 2.24) is 10.2 Å². The van der Waals surface area contributed by atoms with Crippen molar-refractivity contribution in [3.8, 4) is 5.75 Å². The molecular formula is C16H23N3O4. The van der Waals surface area contributed by atoms with E-state index in [1.54, 1.807) is 32.3 Å². The van der Waals surface area contributed by atoms with Crippen molar-refractivity contribution in [3.05, 3.63) is 23.8 Å². The van der Waals surface area contributed by atoms with E-state index in [-0.39, 0.29) is 17.9 Å². The Kier molecular flexibility index (Phi) is 5.95. The minimum absolute atomic E-state index is 0.0179. The minimum Gasteiger partial charge on any atom is -0.495 e. The van der Waals surface area contributed by atoms with Crippen molar-refractivity contribution in [2.45, 2.75) is 12.5 Å². The Bertz CT molecular complexity index is 568. The van der Waals surface area contributed by atoms with Crippen LogP contribution >= 0.6 is 0 Å². The van der Waals surface area contributed by atoms with E-state index in [1.807, 2.05) is 0 Å². The second kappa shape index (κ2) is 7.94. The van der Waals surface area contributed by atoms with Crippen molar-refractivity contribution >= 4 is 17.5 Å². The number of hydrogen-bond acceptors (Lipinski definition) is 5. The molecule has 7 nitrogen and oxygen atoms in total. The molecule has 0 bridgehead atoms. The Hall–Kier alpha value is -2.12. The van der Waals surface area contributed by atoms with Gasteiger partial charge in [0, 0.05) is 38.7 Å². The molecule has 2 amide bonds. The lowest BCUT2D eigenvalue weighted by Gasteiger charge is -2.23. The summed E-state index contributed by atoms with van der Waals surface area (Å²) in [7, 11) is 4.87. The van der Waals surface area contributed by atoms with E-state index < -0.39 is 0 Å². The number of benzene rings is 1. The predicted octanol–water partition coefficient (Wildman–Crippen LogP) is 0.714. The van der Waals surface area contributed by atoms with Gasteiger partial charge in [-0.1, -0.05) is 0 Å². The summed E-state index contributed by atoms with van der Waals surface area (Å²) in [4.78, 5) is 25.6. The van der Waals surface area contributed by atoms with Crippen molar-refractivity contribution in [2.24, 2.45) is 0 Å². The van der Waals surface area contributed by atoms with Gasteiger partial charge in [-0.25, -0.2) is 0 Å². The van der Waals surface area contributed by atoms with Gasteiger partial charge in [0.2, 0.25) is 5.91 Å². The van der Waals surface area contributed by atoms with E-state index in [1.165, 1.54) is 12.0 Å². The van der Waals surface area contributed by atoms with Gasteiger partial charge in [-0.2, -0.15) is 0 Å². The lowest BCUT2D eigenvalue weighted by atomic mass is 10.1. The lowest BCUT2D eigenvalue weighted by molar-refractivity contribution is -0.117. The van der Waals surface area contributed by atoms with Crippen LogP contribution in [0.5, 0.6) is 5.75 Å². The normalized spacial score (nSPS) is 17.4. The summed E-state index contributed by atoms with van der Waals surface area (Å²) in [5.74, 6) is 0.210. The smallest absolute Gasteiger partial charge is 0.253 e. The summed E-state index contributed by atoms with van der Waals surface area (Å²) >= 11 is 0. The molecule has 1 aromatic carbocycles. The van der Waals surface area contributed by atoms with Gasteiger partial charge in [0.05, 0.1) is 26.0 Å². The number of carbonyl (C=O) groups excluding carboxylic acids is 2. The van der Waals surface area contributed by atoms with Crippen molar-refractivity contribution in [3.63, 3.8) is 0 Å². The van der Waals surface area contributed by atoms with Crippen LogP contribution in [0.3, 0.4) is 0 Å². The van der Waals surface area contributed by atoms with Gasteiger partial charge in [0.25, 0.3) is 5.91 Å². The zero-order valence-electron chi connectivity index (χ0n) is 13.7. The number of methoxy groups -OCH3 is 1. The average molecular weight is 321 g/mol. The molecule has 0 radical (unpaired) electrons. The highest BCUT2D eigenvalue weighted by Crippen LogP contribution is 2.26. The van der Waals surface area contributed by atoms with E-state index in [2.05, 4.69) is 10.6 Å². The molecule has 1 aromatic rings. The minimum atomic E-state index is -0.127. The Morgan fingerprint density at radius 1 is 1.43 bits per heavy atom. The maximum absolute atomic E-state index is 12.1. The monoisotopic (exact) mass is 321 g/mol. The van der Waals surface area contributed by atoms with E-state index in [9.17, 15) is 9.59 Å². The Morgan fingerprint density at radius 3 is 2.83 bits per heavy atom. The van der Waals surface area contributed by atoms with Gasteiger partial charge < -0.3 is 25.0 Å². The predicted molar refractivity (Wildman–Crippen MR) is 86.9 cm³/mol. The summed E-state index contributed by atoms with van der Waals surface area (Å²) in [6, 6.07) is 4.99. The molecule has 7 heteroatoms. The fourth-order valence-electron chi connectivity index (χ4n) is 2.36. The van der Waals surface area contributed by atoms with E-state index in [4.69, 9.17) is 9.47 Å². The number of amides is 2. The van der Waals surface area contributed by atoms with Gasteiger partial charge in [0.15, 0.2) is 0 Å². The SMILES string of the molecule is COc1cc(C(=O)N(C)C)ccc1NC(=O)CC1COCCN1. The lowest BCUT2D eigenvalue weighted by Crippen LogP contribution is -2.43.